The monoisotopic (exact) mass is 371 g/mol. The van der Waals surface area contributed by atoms with Crippen LogP contribution in [0.25, 0.3) is 0 Å². The van der Waals surface area contributed by atoms with Crippen LogP contribution in [0.15, 0.2) is 6.07 Å². The standard InChI is InChI=1S/C15H25N5O4S/c1-10(2)14(17-11(3)21)15(22)16-8-12-7-13-9-19(25(4,23)24)5-6-20(13)18-12/h7,10,14H,5-6,8-9H2,1-4H3,(H,16,22)(H,17,21)/t14-/m0/s1. The fourth-order valence-electron chi connectivity index (χ4n) is 2.71. The van der Waals surface area contributed by atoms with Gasteiger partial charge in [0.25, 0.3) is 0 Å². The van der Waals surface area contributed by atoms with Crippen LogP contribution in [0.1, 0.15) is 32.2 Å². The summed E-state index contributed by atoms with van der Waals surface area (Å²) in [6.45, 7) is 6.46. The number of nitrogens with one attached hydrogen (secondary N) is 2. The molecule has 0 bridgehead atoms. The molecule has 9 nitrogen and oxygen atoms in total. The minimum absolute atomic E-state index is 0.0394. The van der Waals surface area contributed by atoms with Crippen LogP contribution >= 0.6 is 0 Å². The molecule has 0 saturated carbocycles. The van der Waals surface area contributed by atoms with Crippen molar-refractivity contribution in [3.8, 4) is 0 Å². The van der Waals surface area contributed by atoms with Gasteiger partial charge in [0.1, 0.15) is 6.04 Å². The van der Waals surface area contributed by atoms with Crippen molar-refractivity contribution in [1.29, 1.82) is 0 Å². The first-order valence-electron chi connectivity index (χ1n) is 8.13. The Morgan fingerprint density at radius 3 is 2.56 bits per heavy atom. The van der Waals surface area contributed by atoms with E-state index in [1.165, 1.54) is 17.5 Å². The smallest absolute Gasteiger partial charge is 0.243 e. The highest BCUT2D eigenvalue weighted by Gasteiger charge is 2.26. The van der Waals surface area contributed by atoms with Gasteiger partial charge >= 0.3 is 0 Å². The minimum atomic E-state index is -3.24. The van der Waals surface area contributed by atoms with Gasteiger partial charge < -0.3 is 10.6 Å². The Balaban J connectivity index is 2.00. The van der Waals surface area contributed by atoms with E-state index in [1.807, 2.05) is 13.8 Å². The third kappa shape index (κ3) is 5.02. The zero-order valence-electron chi connectivity index (χ0n) is 14.9. The van der Waals surface area contributed by atoms with E-state index in [9.17, 15) is 18.0 Å². The summed E-state index contributed by atoms with van der Waals surface area (Å²) in [5, 5.41) is 9.81. The van der Waals surface area contributed by atoms with E-state index in [-0.39, 0.29) is 30.8 Å². The van der Waals surface area contributed by atoms with Crippen LogP contribution in [0.5, 0.6) is 0 Å². The zero-order chi connectivity index (χ0) is 18.8. The van der Waals surface area contributed by atoms with E-state index in [0.29, 0.717) is 18.8 Å². The molecule has 2 heterocycles. The highest BCUT2D eigenvalue weighted by Crippen LogP contribution is 2.16. The molecule has 1 atom stereocenters. The lowest BCUT2D eigenvalue weighted by Gasteiger charge is -2.25. The summed E-state index contributed by atoms with van der Waals surface area (Å²) in [6.07, 6.45) is 1.19. The fraction of sp³-hybridized carbons (Fsp3) is 0.667. The average Bonchev–Trinajstić information content (AvgIpc) is 2.90. The van der Waals surface area contributed by atoms with Crippen molar-refractivity contribution in [2.24, 2.45) is 5.92 Å². The van der Waals surface area contributed by atoms with Gasteiger partial charge in [-0.25, -0.2) is 8.42 Å². The third-order valence-electron chi connectivity index (χ3n) is 4.03. The van der Waals surface area contributed by atoms with Crippen molar-refractivity contribution >= 4 is 21.8 Å². The predicted octanol–water partition coefficient (Wildman–Crippen LogP) is -0.565. The van der Waals surface area contributed by atoms with Gasteiger partial charge in [-0.1, -0.05) is 13.8 Å². The maximum Gasteiger partial charge on any atom is 0.243 e. The van der Waals surface area contributed by atoms with Gasteiger partial charge in [0.2, 0.25) is 21.8 Å². The molecule has 1 aromatic heterocycles. The summed E-state index contributed by atoms with van der Waals surface area (Å²) in [5.41, 5.74) is 1.45. The maximum absolute atomic E-state index is 12.3. The van der Waals surface area contributed by atoms with E-state index in [4.69, 9.17) is 0 Å². The molecule has 10 heteroatoms. The van der Waals surface area contributed by atoms with Gasteiger partial charge in [0, 0.05) is 13.5 Å². The number of amides is 2. The topological polar surface area (TPSA) is 113 Å². The van der Waals surface area contributed by atoms with Crippen LogP contribution in [-0.4, -0.2) is 53.2 Å². The number of hydrogen-bond acceptors (Lipinski definition) is 5. The minimum Gasteiger partial charge on any atom is -0.349 e. The number of fused-ring (bicyclic) bond motifs is 1. The molecule has 0 aromatic carbocycles. The normalized spacial score (nSPS) is 16.4. The maximum atomic E-state index is 12.3. The number of carbonyl (C=O) groups is 2. The van der Waals surface area contributed by atoms with Crippen molar-refractivity contribution in [1.82, 2.24) is 24.7 Å². The second kappa shape index (κ2) is 7.52. The summed E-state index contributed by atoms with van der Waals surface area (Å²) in [4.78, 5) is 23.5. The lowest BCUT2D eigenvalue weighted by atomic mass is 10.0. The Bertz CT molecular complexity index is 756. The number of carbonyl (C=O) groups excluding carboxylic acids is 2. The fourth-order valence-corrected chi connectivity index (χ4v) is 3.49. The molecule has 1 aromatic rings. The molecular weight excluding hydrogens is 346 g/mol. The highest BCUT2D eigenvalue weighted by atomic mass is 32.2. The van der Waals surface area contributed by atoms with Gasteiger partial charge in [0.15, 0.2) is 0 Å². The Labute approximate surface area is 147 Å². The first-order valence-corrected chi connectivity index (χ1v) is 9.98. The summed E-state index contributed by atoms with van der Waals surface area (Å²) in [6, 6.07) is 1.19. The summed E-state index contributed by atoms with van der Waals surface area (Å²) in [7, 11) is -3.24. The summed E-state index contributed by atoms with van der Waals surface area (Å²) >= 11 is 0. The number of rotatable bonds is 6. The molecular formula is C15H25N5O4S. The van der Waals surface area contributed by atoms with Gasteiger partial charge in [-0.15, -0.1) is 0 Å². The first-order chi connectivity index (χ1) is 11.6. The summed E-state index contributed by atoms with van der Waals surface area (Å²) in [5.74, 6) is -0.566. The quantitative estimate of drug-likeness (QED) is 0.696. The second-order valence-corrected chi connectivity index (χ2v) is 8.57. The van der Waals surface area contributed by atoms with Crippen molar-refractivity contribution < 1.29 is 18.0 Å². The zero-order valence-corrected chi connectivity index (χ0v) is 15.8. The molecule has 0 fully saturated rings. The lowest BCUT2D eigenvalue weighted by Crippen LogP contribution is -2.48. The third-order valence-corrected chi connectivity index (χ3v) is 5.28. The van der Waals surface area contributed by atoms with Crippen molar-refractivity contribution in [2.75, 3.05) is 12.8 Å². The molecule has 1 aliphatic heterocycles. The average molecular weight is 371 g/mol. The van der Waals surface area contributed by atoms with Crippen LogP contribution in [0.3, 0.4) is 0 Å². The predicted molar refractivity (Wildman–Crippen MR) is 91.8 cm³/mol. The molecule has 1 aliphatic rings. The molecule has 0 saturated heterocycles. The van der Waals surface area contributed by atoms with Crippen molar-refractivity contribution in [2.45, 2.75) is 46.4 Å². The van der Waals surface area contributed by atoms with Crippen molar-refractivity contribution in [3.05, 3.63) is 17.5 Å². The van der Waals surface area contributed by atoms with E-state index in [2.05, 4.69) is 15.7 Å². The Morgan fingerprint density at radius 2 is 2.00 bits per heavy atom. The Morgan fingerprint density at radius 1 is 1.32 bits per heavy atom. The lowest BCUT2D eigenvalue weighted by molar-refractivity contribution is -0.129. The molecule has 140 valence electrons. The van der Waals surface area contributed by atoms with Gasteiger partial charge in [-0.3, -0.25) is 14.3 Å². The molecule has 2 rings (SSSR count). The van der Waals surface area contributed by atoms with Gasteiger partial charge in [-0.2, -0.15) is 9.40 Å². The van der Waals surface area contributed by atoms with E-state index in [1.54, 1.807) is 10.7 Å². The largest absolute Gasteiger partial charge is 0.349 e. The number of hydrogen-bond donors (Lipinski definition) is 2. The molecule has 0 aliphatic carbocycles. The molecule has 2 amide bonds. The molecule has 0 unspecified atom stereocenters. The van der Waals surface area contributed by atoms with Gasteiger partial charge in [-0.05, 0) is 12.0 Å². The van der Waals surface area contributed by atoms with Crippen LogP contribution in [-0.2, 0) is 39.2 Å². The van der Waals surface area contributed by atoms with Crippen molar-refractivity contribution in [3.63, 3.8) is 0 Å². The van der Waals surface area contributed by atoms with E-state index in [0.717, 1.165) is 5.69 Å². The molecule has 2 N–H and O–H groups in total. The van der Waals surface area contributed by atoms with E-state index >= 15 is 0 Å². The van der Waals surface area contributed by atoms with Crippen LogP contribution in [0.2, 0.25) is 0 Å². The Hall–Kier alpha value is -1.94. The SMILES string of the molecule is CC(=O)N[C@H](C(=O)NCc1cc2n(n1)CCN(S(C)(=O)=O)C2)C(C)C. The number of sulfonamides is 1. The highest BCUT2D eigenvalue weighted by molar-refractivity contribution is 7.88. The number of aromatic nitrogens is 2. The molecule has 0 radical (unpaired) electrons. The molecule has 0 spiro atoms. The van der Waals surface area contributed by atoms with Crippen LogP contribution < -0.4 is 10.6 Å². The summed E-state index contributed by atoms with van der Waals surface area (Å²) < 4.78 is 26.5. The second-order valence-electron chi connectivity index (χ2n) is 6.59. The van der Waals surface area contributed by atoms with Crippen LogP contribution in [0, 0.1) is 5.92 Å². The molecule has 25 heavy (non-hydrogen) atoms. The first kappa shape index (κ1) is 19.4. The van der Waals surface area contributed by atoms with E-state index < -0.39 is 16.1 Å². The Kier molecular flexibility index (Phi) is 5.83. The van der Waals surface area contributed by atoms with Crippen LogP contribution in [0.4, 0.5) is 0 Å². The number of nitrogens with zero attached hydrogens (tertiary/aromatic N) is 3. The van der Waals surface area contributed by atoms with Gasteiger partial charge in [0.05, 0.1) is 37.3 Å².